The molecule has 4 nitrogen and oxygen atoms in total. The molecular formula is C9H14N2O2. The van der Waals surface area contributed by atoms with Gasteiger partial charge in [-0.1, -0.05) is 0 Å². The monoisotopic (exact) mass is 182 g/mol. The number of hydrogen-bond donors (Lipinski definition) is 1. The summed E-state index contributed by atoms with van der Waals surface area (Å²) in [6, 6.07) is 1.82. The fraction of sp³-hybridized carbons (Fsp3) is 0.667. The van der Waals surface area contributed by atoms with Crippen molar-refractivity contribution in [2.45, 2.75) is 32.1 Å². The van der Waals surface area contributed by atoms with E-state index in [0.717, 1.165) is 25.1 Å². The molecule has 0 aromatic carbocycles. The largest absolute Gasteiger partial charge is 0.390 e. The predicted octanol–water partition coefficient (Wildman–Crippen LogP) is 1.07. The Morgan fingerprint density at radius 2 is 2.54 bits per heavy atom. The van der Waals surface area contributed by atoms with Gasteiger partial charge < -0.3 is 9.84 Å². The lowest BCUT2D eigenvalue weighted by atomic mass is 10.2. The molecule has 72 valence electrons. The van der Waals surface area contributed by atoms with Crippen LogP contribution < -0.4 is 0 Å². The van der Waals surface area contributed by atoms with Crippen LogP contribution >= 0.6 is 0 Å². The fourth-order valence-corrected chi connectivity index (χ4v) is 1.64. The Morgan fingerprint density at radius 3 is 3.23 bits per heavy atom. The Bertz CT molecular complexity index is 266. The van der Waals surface area contributed by atoms with Crippen LogP contribution in [0, 0.1) is 0 Å². The second kappa shape index (κ2) is 3.89. The van der Waals surface area contributed by atoms with E-state index in [1.54, 1.807) is 10.9 Å². The maximum atomic E-state index is 9.02. The molecule has 1 aliphatic rings. The Morgan fingerprint density at radius 1 is 1.62 bits per heavy atom. The van der Waals surface area contributed by atoms with E-state index in [0.29, 0.717) is 0 Å². The minimum Gasteiger partial charge on any atom is -0.390 e. The summed E-state index contributed by atoms with van der Waals surface area (Å²) in [5.41, 5.74) is 0.826. The van der Waals surface area contributed by atoms with Gasteiger partial charge in [0.15, 0.2) is 6.23 Å². The van der Waals surface area contributed by atoms with E-state index in [4.69, 9.17) is 9.84 Å². The van der Waals surface area contributed by atoms with Gasteiger partial charge in [-0.2, -0.15) is 5.10 Å². The summed E-state index contributed by atoms with van der Waals surface area (Å²) < 4.78 is 7.33. The van der Waals surface area contributed by atoms with E-state index >= 15 is 0 Å². The number of aliphatic hydroxyl groups excluding tert-OH is 1. The molecule has 2 rings (SSSR count). The Kier molecular flexibility index (Phi) is 2.61. The van der Waals surface area contributed by atoms with Crippen LogP contribution in [0.2, 0.25) is 0 Å². The van der Waals surface area contributed by atoms with Gasteiger partial charge in [0.1, 0.15) is 0 Å². The fourth-order valence-electron chi connectivity index (χ4n) is 1.64. The lowest BCUT2D eigenvalue weighted by molar-refractivity contribution is -0.0426. The zero-order chi connectivity index (χ0) is 9.10. The predicted molar refractivity (Wildman–Crippen MR) is 47.0 cm³/mol. The maximum Gasteiger partial charge on any atom is 0.150 e. The summed E-state index contributed by atoms with van der Waals surface area (Å²) in [6.45, 7) is 0.829. The molecule has 0 unspecified atom stereocenters. The van der Waals surface area contributed by atoms with E-state index in [1.165, 1.54) is 6.42 Å². The average Bonchev–Trinajstić information content (AvgIpc) is 2.67. The zero-order valence-corrected chi connectivity index (χ0v) is 7.52. The van der Waals surface area contributed by atoms with Crippen molar-refractivity contribution in [1.82, 2.24) is 9.78 Å². The summed E-state index contributed by atoms with van der Waals surface area (Å²) in [4.78, 5) is 0. The van der Waals surface area contributed by atoms with Crippen molar-refractivity contribution in [2.24, 2.45) is 0 Å². The third-order valence-electron chi connectivity index (χ3n) is 2.34. The van der Waals surface area contributed by atoms with E-state index in [9.17, 15) is 0 Å². The molecule has 2 heterocycles. The molecule has 0 radical (unpaired) electrons. The van der Waals surface area contributed by atoms with Crippen molar-refractivity contribution in [1.29, 1.82) is 0 Å². The van der Waals surface area contributed by atoms with Gasteiger partial charge in [-0.15, -0.1) is 0 Å². The number of ether oxygens (including phenoxy) is 1. The molecule has 0 spiro atoms. The number of rotatable bonds is 2. The van der Waals surface area contributed by atoms with E-state index in [2.05, 4.69) is 5.10 Å². The van der Waals surface area contributed by atoms with Crippen LogP contribution in [0.1, 0.15) is 31.2 Å². The standard InChI is InChI=1S/C9H14N2O2/c12-7-8-4-5-10-11(8)9-3-1-2-6-13-9/h4-5,9,12H,1-3,6-7H2/t9-/m0/s1. The molecule has 0 aliphatic carbocycles. The maximum absolute atomic E-state index is 9.02. The first kappa shape index (κ1) is 8.72. The van der Waals surface area contributed by atoms with Crippen LogP contribution in [0.4, 0.5) is 0 Å². The van der Waals surface area contributed by atoms with Crippen molar-refractivity contribution >= 4 is 0 Å². The normalized spacial score (nSPS) is 23.3. The molecule has 4 heteroatoms. The van der Waals surface area contributed by atoms with Crippen LogP contribution in [0.3, 0.4) is 0 Å². The highest BCUT2D eigenvalue weighted by atomic mass is 16.5. The minimum absolute atomic E-state index is 0.0276. The second-order valence-electron chi connectivity index (χ2n) is 3.25. The SMILES string of the molecule is OCc1ccnn1[C@@H]1CCCCO1. The third kappa shape index (κ3) is 1.73. The third-order valence-corrected chi connectivity index (χ3v) is 2.34. The highest BCUT2D eigenvalue weighted by molar-refractivity contribution is 4.99. The van der Waals surface area contributed by atoms with Gasteiger partial charge in [-0.05, 0) is 25.3 Å². The topological polar surface area (TPSA) is 47.3 Å². The number of hydrogen-bond acceptors (Lipinski definition) is 3. The Balaban J connectivity index is 2.13. The molecule has 0 saturated carbocycles. The number of aromatic nitrogens is 2. The first-order valence-electron chi connectivity index (χ1n) is 4.66. The van der Waals surface area contributed by atoms with Crippen molar-refractivity contribution in [2.75, 3.05) is 6.61 Å². The molecule has 1 aromatic rings. The van der Waals surface area contributed by atoms with Gasteiger partial charge >= 0.3 is 0 Å². The molecule has 1 aliphatic heterocycles. The van der Waals surface area contributed by atoms with Gasteiger partial charge in [0.2, 0.25) is 0 Å². The zero-order valence-electron chi connectivity index (χ0n) is 7.52. The molecule has 1 fully saturated rings. The first-order chi connectivity index (χ1) is 6.42. The average molecular weight is 182 g/mol. The Labute approximate surface area is 77.1 Å². The smallest absolute Gasteiger partial charge is 0.150 e. The lowest BCUT2D eigenvalue weighted by Gasteiger charge is -2.24. The van der Waals surface area contributed by atoms with Crippen molar-refractivity contribution in [3.63, 3.8) is 0 Å². The van der Waals surface area contributed by atoms with Crippen molar-refractivity contribution < 1.29 is 9.84 Å². The second-order valence-corrected chi connectivity index (χ2v) is 3.25. The number of nitrogens with zero attached hydrogens (tertiary/aromatic N) is 2. The first-order valence-corrected chi connectivity index (χ1v) is 4.66. The van der Waals surface area contributed by atoms with Gasteiger partial charge in [-0.25, -0.2) is 4.68 Å². The molecule has 1 aromatic heterocycles. The van der Waals surface area contributed by atoms with Crippen molar-refractivity contribution in [3.8, 4) is 0 Å². The van der Waals surface area contributed by atoms with E-state index in [-0.39, 0.29) is 12.8 Å². The summed E-state index contributed by atoms with van der Waals surface area (Å²) in [5.74, 6) is 0. The summed E-state index contributed by atoms with van der Waals surface area (Å²) >= 11 is 0. The van der Waals surface area contributed by atoms with Crippen LogP contribution in [0.5, 0.6) is 0 Å². The molecular weight excluding hydrogens is 168 g/mol. The molecule has 0 bridgehead atoms. The lowest BCUT2D eigenvalue weighted by Crippen LogP contribution is -2.20. The van der Waals surface area contributed by atoms with Gasteiger partial charge in [0.25, 0.3) is 0 Å². The summed E-state index contributed by atoms with van der Waals surface area (Å²) in [7, 11) is 0. The molecule has 13 heavy (non-hydrogen) atoms. The van der Waals surface area contributed by atoms with Crippen LogP contribution in [-0.4, -0.2) is 21.5 Å². The quantitative estimate of drug-likeness (QED) is 0.744. The van der Waals surface area contributed by atoms with Crippen LogP contribution in [0.25, 0.3) is 0 Å². The highest BCUT2D eigenvalue weighted by Crippen LogP contribution is 2.22. The van der Waals surface area contributed by atoms with Gasteiger partial charge in [-0.3, -0.25) is 0 Å². The minimum atomic E-state index is 0.0276. The summed E-state index contributed by atoms with van der Waals surface area (Å²) in [6.07, 6.45) is 5.03. The van der Waals surface area contributed by atoms with Crippen molar-refractivity contribution in [3.05, 3.63) is 18.0 Å². The van der Waals surface area contributed by atoms with Crippen LogP contribution in [-0.2, 0) is 11.3 Å². The molecule has 1 atom stereocenters. The summed E-state index contributed by atoms with van der Waals surface area (Å²) in [5, 5.41) is 13.2. The van der Waals surface area contributed by atoms with Gasteiger partial charge in [0.05, 0.1) is 12.3 Å². The van der Waals surface area contributed by atoms with Crippen LogP contribution in [0.15, 0.2) is 12.3 Å². The number of aliphatic hydroxyl groups is 1. The van der Waals surface area contributed by atoms with E-state index in [1.807, 2.05) is 6.07 Å². The molecule has 1 N–H and O–H groups in total. The van der Waals surface area contributed by atoms with E-state index < -0.39 is 0 Å². The van der Waals surface area contributed by atoms with Gasteiger partial charge in [0, 0.05) is 12.8 Å². The molecule has 0 amide bonds. The Hall–Kier alpha value is -0.870. The molecule has 1 saturated heterocycles. The highest BCUT2D eigenvalue weighted by Gasteiger charge is 2.17.